The van der Waals surface area contributed by atoms with Gasteiger partial charge in [-0.15, -0.1) is 0 Å². The van der Waals surface area contributed by atoms with Crippen LogP contribution < -0.4 is 12.7 Å². The summed E-state index contributed by atoms with van der Waals surface area (Å²) in [7, 11) is 0. The van der Waals surface area contributed by atoms with Crippen LogP contribution in [0.1, 0.15) is 0 Å². The van der Waals surface area contributed by atoms with E-state index < -0.39 is 55.4 Å². The molecule has 0 aliphatic rings. The van der Waals surface area contributed by atoms with E-state index in [1.54, 1.807) is 0 Å². The van der Waals surface area contributed by atoms with Gasteiger partial charge in [-0.1, -0.05) is 0 Å². The van der Waals surface area contributed by atoms with Crippen molar-refractivity contribution in [1.82, 2.24) is 0 Å². The third-order valence-corrected chi connectivity index (χ3v) is 0. The second-order valence-electron chi connectivity index (χ2n) is 0.947. The Balaban J connectivity index is -0.0000000192. The van der Waals surface area contributed by atoms with Crippen molar-refractivity contribution in [1.29, 1.82) is 0 Å². The van der Waals surface area contributed by atoms with Gasteiger partial charge in [0.25, 0.3) is 0 Å². The van der Waals surface area contributed by atoms with Crippen molar-refractivity contribution in [2.75, 3.05) is 0 Å². The van der Waals surface area contributed by atoms with E-state index in [0.717, 1.165) is 0 Å². The zero-order valence-electron chi connectivity index (χ0n) is 8.29. The van der Waals surface area contributed by atoms with Crippen LogP contribution >= 0.6 is 0 Å². The average Bonchev–Trinajstić information content (AvgIpc) is 1.76. The maximum absolute atomic E-state index is 8.61. The summed E-state index contributed by atoms with van der Waals surface area (Å²) in [4.78, 5) is 16.5. The Bertz CT molecular complexity index is 169. The Morgan fingerprint density at radius 1 is 0.579 bits per heavy atom. The zero-order chi connectivity index (χ0) is 14.3. The minimum absolute atomic E-state index is 0. The van der Waals surface area contributed by atoms with Gasteiger partial charge in [-0.05, 0) is 0 Å². The summed E-state index contributed by atoms with van der Waals surface area (Å²) in [5.41, 5.74) is 0. The molecule has 0 N–H and O–H groups in total. The van der Waals surface area contributed by atoms with E-state index >= 15 is 0 Å². The Morgan fingerprint density at radius 3 is 0.579 bits per heavy atom. The largest absolute Gasteiger partial charge is 2.00 e. The van der Waals surface area contributed by atoms with Crippen molar-refractivity contribution in [2.24, 2.45) is 0 Å². The molecule has 6 radical (unpaired) electrons. The van der Waals surface area contributed by atoms with Gasteiger partial charge in [-0.3, -0.25) is 0 Å². The van der Waals surface area contributed by atoms with Crippen LogP contribution in [0.5, 0.6) is 0 Å². The molecule has 0 aromatic rings. The van der Waals surface area contributed by atoms with Gasteiger partial charge in [-0.25, -0.2) is 0 Å². The Labute approximate surface area is 183 Å². The van der Waals surface area contributed by atoms with Gasteiger partial charge in [0.05, 0.1) is 10.2 Å². The van der Waals surface area contributed by atoms with Gasteiger partial charge in [0.2, 0.25) is 0 Å². The van der Waals surface area contributed by atoms with Gasteiger partial charge in [-0.2, -0.15) is 0 Å². The minimum atomic E-state index is -4.29. The standard InChI is InChI=1S/2NO3.6O.3Pb.2Zr/c2*2-1(3)4;;;;;;;;;;;/q2*-1;;;4*-1;3*+2;;. The number of hydrogen-bond acceptors (Lipinski definition) is 12. The smallest absolute Gasteiger partial charge is 2.00 e. The first-order valence-electron chi connectivity index (χ1n) is 2.32. The van der Waals surface area contributed by atoms with Crippen molar-refractivity contribution in [3.8, 4) is 0 Å². The molecular formula is N2O12Pb3Zr2. The van der Waals surface area contributed by atoms with Gasteiger partial charge >= 0.3 is 146 Å². The Morgan fingerprint density at radius 2 is 0.579 bits per heavy atom. The number of nitrogens with zero attached hydrogens (tertiary/aromatic N) is 2. The first kappa shape index (κ1) is 42.9. The van der Waals surface area contributed by atoms with E-state index in [-0.39, 0.29) is 81.9 Å². The first-order valence-corrected chi connectivity index (χ1v) is 8.34. The van der Waals surface area contributed by atoms with Crippen LogP contribution in [0, 0.1) is 30.6 Å². The molecule has 0 aliphatic heterocycles. The summed E-state index contributed by atoms with van der Waals surface area (Å²) in [6.07, 6.45) is 0. The van der Waals surface area contributed by atoms with Crippen LogP contribution in [0.25, 0.3) is 0 Å². The number of rotatable bonds is 0. The maximum Gasteiger partial charge on any atom is 2.00 e. The van der Waals surface area contributed by atoms with Crippen molar-refractivity contribution >= 4 is 81.9 Å². The summed E-state index contributed by atoms with van der Waals surface area (Å²) in [6, 6.07) is 0. The van der Waals surface area contributed by atoms with E-state index in [1.807, 2.05) is 0 Å². The molecule has 0 saturated carbocycles. The fourth-order valence-electron chi connectivity index (χ4n) is 0. The molecule has 102 valence electrons. The van der Waals surface area contributed by atoms with Gasteiger partial charge in [0.15, 0.2) is 0 Å². The molecule has 0 fully saturated rings. The molecule has 19 heavy (non-hydrogen) atoms. The Kier molecular flexibility index (Phi) is 83.7. The molecule has 0 aromatic heterocycles. The monoisotopic (exact) mass is 1020 g/mol. The Hall–Kier alpha value is 2.37. The number of hydrogen-bond donors (Lipinski definition) is 0. The van der Waals surface area contributed by atoms with Crippen LogP contribution in [0.2, 0.25) is 0 Å². The van der Waals surface area contributed by atoms with Gasteiger partial charge in [0, 0.05) is 0 Å². The van der Waals surface area contributed by atoms with E-state index in [4.69, 9.17) is 49.0 Å². The molecule has 0 aromatic carbocycles. The van der Waals surface area contributed by atoms with E-state index in [0.29, 0.717) is 0 Å². The summed E-state index contributed by atoms with van der Waals surface area (Å²) < 4.78 is 51.7. The van der Waals surface area contributed by atoms with E-state index in [2.05, 4.69) is 0 Å². The van der Waals surface area contributed by atoms with E-state index in [9.17, 15) is 0 Å². The van der Waals surface area contributed by atoms with Crippen molar-refractivity contribution < 1.29 is 73.8 Å². The molecule has 19 heteroatoms. The maximum atomic E-state index is 8.61. The van der Waals surface area contributed by atoms with Gasteiger partial charge in [0.1, 0.15) is 0 Å². The van der Waals surface area contributed by atoms with Gasteiger partial charge < -0.3 is 30.6 Å². The SMILES string of the molecule is O=[N+]([O-])[O-].O=[N+]([O-])[O-].[O]=[Zr]([O-])[O-].[O]=[Zr]([O-])[O-].[Pb+2].[Pb+2].[Pb+2]. The predicted octanol–water partition coefficient (Wildman–Crippen LogP) is -6.62. The fraction of sp³-hybridized carbons (Fsp3) is 0. The molecule has 0 unspecified atom stereocenters. The zero-order valence-corrected chi connectivity index (χ0v) is 24.9. The second-order valence-corrected chi connectivity index (χ2v) is 3.41. The third-order valence-electron chi connectivity index (χ3n) is 0. The summed E-state index contributed by atoms with van der Waals surface area (Å²) >= 11 is -8.59. The molecule has 0 rings (SSSR count). The van der Waals surface area contributed by atoms with Crippen LogP contribution in [-0.2, 0) is 50.9 Å². The minimum Gasteiger partial charge on any atom is 2.00 e. The van der Waals surface area contributed by atoms with Crippen molar-refractivity contribution in [3.05, 3.63) is 30.6 Å². The predicted molar refractivity (Wildman–Crippen MR) is 39.4 cm³/mol. The van der Waals surface area contributed by atoms with Crippen LogP contribution in [0.4, 0.5) is 0 Å². The van der Waals surface area contributed by atoms with Crippen LogP contribution in [0.3, 0.4) is 0 Å². The quantitative estimate of drug-likeness (QED) is 0.125. The molecule has 0 spiro atoms. The summed E-state index contributed by atoms with van der Waals surface area (Å²) in [5.74, 6) is 0. The third kappa shape index (κ3) is 1220. The molecule has 14 nitrogen and oxygen atoms in total. The average molecular weight is 1020 g/mol. The summed E-state index contributed by atoms with van der Waals surface area (Å²) in [5, 5.41) is 29.5. The second kappa shape index (κ2) is 37.0. The van der Waals surface area contributed by atoms with E-state index in [1.165, 1.54) is 0 Å². The molecule has 0 saturated heterocycles. The molecule has 0 amide bonds. The van der Waals surface area contributed by atoms with Crippen molar-refractivity contribution in [3.63, 3.8) is 0 Å². The van der Waals surface area contributed by atoms with Crippen LogP contribution in [-0.4, -0.2) is 92.1 Å². The topological polar surface area (TPSA) is 259 Å². The normalized spacial score (nSPS) is 5.26. The molecule has 0 aliphatic carbocycles. The summed E-state index contributed by atoms with van der Waals surface area (Å²) in [6.45, 7) is 0. The molecule has 0 heterocycles. The van der Waals surface area contributed by atoms with Crippen molar-refractivity contribution in [2.45, 2.75) is 0 Å². The first-order chi connectivity index (χ1) is 6.93. The molecular weight excluding hydrogens is 1020 g/mol. The fourth-order valence-corrected chi connectivity index (χ4v) is 0. The van der Waals surface area contributed by atoms with Crippen LogP contribution in [0.15, 0.2) is 0 Å². The molecule has 0 atom stereocenters. The molecule has 0 bridgehead atoms.